The Morgan fingerprint density at radius 3 is 1.84 bits per heavy atom. The summed E-state index contributed by atoms with van der Waals surface area (Å²) in [5.41, 5.74) is 3.18. The summed E-state index contributed by atoms with van der Waals surface area (Å²) in [6, 6.07) is 0.768. The van der Waals surface area contributed by atoms with Crippen LogP contribution >= 0.6 is 67.8 Å². The first-order valence-electron chi connectivity index (χ1n) is 10.0. The number of hydrogen-bond donors (Lipinski definition) is 7. The zero-order valence-electron chi connectivity index (χ0n) is 18.5. The van der Waals surface area contributed by atoms with Crippen LogP contribution in [0.5, 0.6) is 0 Å². The van der Waals surface area contributed by atoms with Gasteiger partial charge in [0.2, 0.25) is 11.6 Å². The molecule has 204 valence electrons. The van der Waals surface area contributed by atoms with Gasteiger partial charge in [-0.1, -0.05) is 6.07 Å². The molecular weight excluding hydrogens is 853 g/mol. The Balaban J connectivity index is 2.68. The SMILES string of the molecule is N[C@@H](C(=O)C(=O)c1ccc(-c2c(I)c(C(=O)O)c(I)c(C(=O)O)c2I)cc1[N+](=O)[O-])[C@@H](O)[C@H](O)[C@H](O)CO. The predicted molar refractivity (Wildman–Crippen MR) is 153 cm³/mol. The lowest BCUT2D eigenvalue weighted by molar-refractivity contribution is -0.385. The Kier molecular flexibility index (Phi) is 11.0. The van der Waals surface area contributed by atoms with Crippen LogP contribution in [-0.2, 0) is 4.79 Å². The molecule has 0 fully saturated rings. The van der Waals surface area contributed by atoms with Crippen LogP contribution in [-0.4, -0.2) is 90.0 Å². The number of carbonyl (C=O) groups is 4. The maximum atomic E-state index is 12.8. The number of Topliss-reactive ketones (excluding diaryl/α,β-unsaturated/α-hetero) is 2. The number of nitro groups is 1. The van der Waals surface area contributed by atoms with Gasteiger partial charge in [-0.2, -0.15) is 0 Å². The quantitative estimate of drug-likeness (QED) is 0.0539. The fourth-order valence-electron chi connectivity index (χ4n) is 3.31. The first kappa shape index (κ1) is 32.3. The number of halogens is 3. The third-order valence-corrected chi connectivity index (χ3v) is 8.53. The summed E-state index contributed by atoms with van der Waals surface area (Å²) in [5, 5.41) is 69.2. The number of carboxylic acid groups (broad SMARTS) is 2. The minimum absolute atomic E-state index is 0.0262. The van der Waals surface area contributed by atoms with Crippen LogP contribution in [0.2, 0.25) is 0 Å². The van der Waals surface area contributed by atoms with Crippen LogP contribution in [0.3, 0.4) is 0 Å². The predicted octanol–water partition coefficient (Wildman–Crippen LogP) is 0.626. The Bertz CT molecular complexity index is 1310. The fraction of sp³-hybridized carbons (Fsp3) is 0.238. The Morgan fingerprint density at radius 1 is 0.921 bits per heavy atom. The zero-order chi connectivity index (χ0) is 29.2. The summed E-state index contributed by atoms with van der Waals surface area (Å²) < 4.78 is 0.0768. The van der Waals surface area contributed by atoms with E-state index >= 15 is 0 Å². The van der Waals surface area contributed by atoms with Crippen molar-refractivity contribution in [1.29, 1.82) is 0 Å². The molecule has 0 aliphatic rings. The molecule has 0 heterocycles. The normalized spacial score (nSPS) is 14.3. The minimum Gasteiger partial charge on any atom is -0.478 e. The van der Waals surface area contributed by atoms with Crippen molar-refractivity contribution < 1.29 is 54.7 Å². The Hall–Kier alpha value is -1.89. The number of hydrogen-bond acceptors (Lipinski definition) is 11. The van der Waals surface area contributed by atoms with Crippen molar-refractivity contribution in [2.24, 2.45) is 5.73 Å². The third-order valence-electron chi connectivity index (χ3n) is 5.30. The summed E-state index contributed by atoms with van der Waals surface area (Å²) in [5.74, 6) is -5.93. The van der Waals surface area contributed by atoms with Crippen LogP contribution < -0.4 is 5.73 Å². The van der Waals surface area contributed by atoms with E-state index in [1.54, 1.807) is 67.8 Å². The van der Waals surface area contributed by atoms with Gasteiger partial charge >= 0.3 is 11.9 Å². The number of nitro benzene ring substituents is 1. The van der Waals surface area contributed by atoms with Gasteiger partial charge in [-0.05, 0) is 79.4 Å². The van der Waals surface area contributed by atoms with E-state index in [4.69, 9.17) is 10.8 Å². The van der Waals surface area contributed by atoms with Crippen molar-refractivity contribution in [2.45, 2.75) is 24.4 Å². The highest BCUT2D eigenvalue weighted by Gasteiger charge is 2.38. The third kappa shape index (κ3) is 6.29. The summed E-state index contributed by atoms with van der Waals surface area (Å²) in [4.78, 5) is 59.9. The lowest BCUT2D eigenvalue weighted by Crippen LogP contribution is -2.54. The van der Waals surface area contributed by atoms with E-state index in [9.17, 15) is 54.8 Å². The molecule has 0 unspecified atom stereocenters. The van der Waals surface area contributed by atoms with Gasteiger partial charge in [0.05, 0.1) is 22.7 Å². The minimum atomic E-state index is -2.20. The number of aliphatic hydroxyl groups is 4. The summed E-state index contributed by atoms with van der Waals surface area (Å²) in [6.45, 7) is -0.997. The van der Waals surface area contributed by atoms with Crippen LogP contribution in [0.25, 0.3) is 11.1 Å². The van der Waals surface area contributed by atoms with E-state index in [2.05, 4.69) is 0 Å². The molecule has 0 bridgehead atoms. The molecule has 0 aliphatic carbocycles. The van der Waals surface area contributed by atoms with Crippen molar-refractivity contribution in [1.82, 2.24) is 0 Å². The van der Waals surface area contributed by atoms with E-state index < -0.39 is 70.6 Å². The maximum Gasteiger partial charge on any atom is 0.337 e. The van der Waals surface area contributed by atoms with Crippen LogP contribution in [0.4, 0.5) is 5.69 Å². The second kappa shape index (κ2) is 13.0. The number of rotatable bonds is 11. The highest BCUT2D eigenvalue weighted by molar-refractivity contribution is 14.1. The Labute approximate surface area is 253 Å². The summed E-state index contributed by atoms with van der Waals surface area (Å²) >= 11 is 4.90. The van der Waals surface area contributed by atoms with Crippen molar-refractivity contribution in [3.63, 3.8) is 0 Å². The molecule has 0 aliphatic heterocycles. The molecule has 14 nitrogen and oxygen atoms in total. The molecule has 2 rings (SSSR count). The molecule has 0 spiro atoms. The first-order chi connectivity index (χ1) is 17.6. The molecule has 38 heavy (non-hydrogen) atoms. The van der Waals surface area contributed by atoms with Crippen LogP contribution in [0.15, 0.2) is 18.2 Å². The van der Waals surface area contributed by atoms with E-state index in [-0.39, 0.29) is 33.0 Å². The maximum absolute atomic E-state index is 12.8. The number of nitrogens with two attached hydrogens (primary N) is 1. The number of nitrogens with zero attached hydrogens (tertiary/aromatic N) is 1. The molecule has 0 aromatic heterocycles. The number of aliphatic hydroxyl groups excluding tert-OH is 4. The molecule has 0 saturated heterocycles. The summed E-state index contributed by atoms with van der Waals surface area (Å²) in [7, 11) is 0. The average Bonchev–Trinajstić information content (AvgIpc) is 2.85. The van der Waals surface area contributed by atoms with Crippen molar-refractivity contribution in [3.8, 4) is 11.1 Å². The molecule has 0 amide bonds. The number of carboxylic acids is 2. The van der Waals surface area contributed by atoms with Crippen molar-refractivity contribution in [3.05, 3.63) is 55.7 Å². The lowest BCUT2D eigenvalue weighted by atomic mass is 9.92. The molecule has 4 atom stereocenters. The topological polar surface area (TPSA) is 259 Å². The number of ketones is 2. The molecular formula is C21H17I3N2O12. The first-order valence-corrected chi connectivity index (χ1v) is 13.3. The molecule has 8 N–H and O–H groups in total. The van der Waals surface area contributed by atoms with E-state index in [0.717, 1.165) is 18.2 Å². The van der Waals surface area contributed by atoms with Gasteiger partial charge in [0.1, 0.15) is 29.9 Å². The number of carbonyl (C=O) groups excluding carboxylic acids is 2. The monoisotopic (exact) mass is 870 g/mol. The standard InChI is InChI=1S/C21H17I3N2O12/c22-12-9(13(23)11(21(35)36)14(24)10(12)20(33)34)5-1-2-6(7(3-5)26(37)38)16(29)18(31)15(25)19(32)17(30)8(28)4-27/h1-3,8,15,17,19,27-28,30,32H,4,25H2,(H,33,34)(H,35,36)/t8-,15+,17-,19-/m1/s1. The Morgan fingerprint density at radius 2 is 1.42 bits per heavy atom. The van der Waals surface area contributed by atoms with E-state index in [0.29, 0.717) is 0 Å². The molecule has 2 aromatic carbocycles. The lowest BCUT2D eigenvalue weighted by Gasteiger charge is -2.25. The van der Waals surface area contributed by atoms with Gasteiger partial charge in [0, 0.05) is 22.3 Å². The van der Waals surface area contributed by atoms with Gasteiger partial charge in [-0.3, -0.25) is 19.7 Å². The molecule has 0 radical (unpaired) electrons. The second-order valence-electron chi connectivity index (χ2n) is 7.62. The zero-order valence-corrected chi connectivity index (χ0v) is 25.0. The average molecular weight is 870 g/mol. The molecule has 0 saturated carbocycles. The molecule has 17 heteroatoms. The fourth-order valence-corrected chi connectivity index (χ4v) is 8.02. The van der Waals surface area contributed by atoms with Crippen LogP contribution in [0.1, 0.15) is 31.1 Å². The van der Waals surface area contributed by atoms with Gasteiger partial charge < -0.3 is 36.4 Å². The van der Waals surface area contributed by atoms with Gasteiger partial charge in [-0.15, -0.1) is 0 Å². The van der Waals surface area contributed by atoms with E-state index in [1.807, 2.05) is 0 Å². The number of aromatic carboxylic acids is 2. The molecule has 2 aromatic rings. The van der Waals surface area contributed by atoms with E-state index in [1.165, 1.54) is 0 Å². The van der Waals surface area contributed by atoms with Gasteiger partial charge in [-0.25, -0.2) is 9.59 Å². The second-order valence-corrected chi connectivity index (χ2v) is 10.9. The van der Waals surface area contributed by atoms with Crippen molar-refractivity contribution >= 4 is 97.0 Å². The summed E-state index contributed by atoms with van der Waals surface area (Å²) in [6.07, 6.45) is -6.20. The smallest absolute Gasteiger partial charge is 0.337 e. The van der Waals surface area contributed by atoms with Crippen LogP contribution in [0, 0.1) is 20.8 Å². The van der Waals surface area contributed by atoms with Gasteiger partial charge in [0.25, 0.3) is 5.69 Å². The highest BCUT2D eigenvalue weighted by atomic mass is 127. The number of benzene rings is 2. The van der Waals surface area contributed by atoms with Gasteiger partial charge in [0.15, 0.2) is 0 Å². The highest BCUT2D eigenvalue weighted by Crippen LogP contribution is 2.40. The van der Waals surface area contributed by atoms with Crippen molar-refractivity contribution in [2.75, 3.05) is 6.61 Å². The largest absolute Gasteiger partial charge is 0.478 e.